The Balaban J connectivity index is 2.02. The minimum Gasteiger partial charge on any atom is -0.314 e. The van der Waals surface area contributed by atoms with Gasteiger partial charge in [-0.25, -0.2) is 0 Å². The number of aryl methyl sites for hydroxylation is 2. The third-order valence-corrected chi connectivity index (χ3v) is 4.21. The lowest BCUT2D eigenvalue weighted by atomic mass is 9.82. The predicted molar refractivity (Wildman–Crippen MR) is 75.7 cm³/mol. The molecule has 1 heterocycles. The molecule has 1 saturated carbocycles. The maximum absolute atomic E-state index is 4.46. The number of aromatic nitrogens is 2. The van der Waals surface area contributed by atoms with Gasteiger partial charge in [-0.05, 0) is 38.3 Å². The van der Waals surface area contributed by atoms with Crippen LogP contribution >= 0.6 is 0 Å². The van der Waals surface area contributed by atoms with Crippen LogP contribution < -0.4 is 5.32 Å². The van der Waals surface area contributed by atoms with Crippen molar-refractivity contribution in [2.45, 2.75) is 58.4 Å². The molecule has 2 rings (SSSR count). The molecule has 102 valence electrons. The van der Waals surface area contributed by atoms with Gasteiger partial charge in [0.2, 0.25) is 0 Å². The highest BCUT2D eigenvalue weighted by Crippen LogP contribution is 2.28. The monoisotopic (exact) mass is 249 g/mol. The molecule has 3 heteroatoms. The molecule has 1 aliphatic carbocycles. The maximum atomic E-state index is 4.46. The van der Waals surface area contributed by atoms with Crippen molar-refractivity contribution in [3.63, 3.8) is 0 Å². The highest BCUT2D eigenvalue weighted by Gasteiger charge is 2.24. The van der Waals surface area contributed by atoms with Gasteiger partial charge in [0.15, 0.2) is 0 Å². The van der Waals surface area contributed by atoms with Gasteiger partial charge in [-0.1, -0.05) is 26.2 Å². The molecule has 1 N–H and O–H groups in total. The fourth-order valence-electron chi connectivity index (χ4n) is 3.28. The van der Waals surface area contributed by atoms with Crippen LogP contribution in [0.5, 0.6) is 0 Å². The molecular weight excluding hydrogens is 222 g/mol. The molecule has 0 radical (unpaired) electrons. The van der Waals surface area contributed by atoms with Crippen molar-refractivity contribution in [3.05, 3.63) is 17.5 Å². The second-order valence-corrected chi connectivity index (χ2v) is 5.67. The summed E-state index contributed by atoms with van der Waals surface area (Å²) >= 11 is 0. The molecule has 1 aromatic rings. The fraction of sp³-hybridized carbons (Fsp3) is 0.800. The van der Waals surface area contributed by atoms with Gasteiger partial charge < -0.3 is 5.32 Å². The largest absolute Gasteiger partial charge is 0.314 e. The van der Waals surface area contributed by atoms with Crippen LogP contribution in [0.4, 0.5) is 0 Å². The SMILES string of the molecule is CCNC(Cc1cc(C)nn1C)C1CCCCC1. The van der Waals surface area contributed by atoms with Crippen LogP contribution in [0.2, 0.25) is 0 Å². The van der Waals surface area contributed by atoms with E-state index in [0.717, 1.165) is 24.6 Å². The van der Waals surface area contributed by atoms with E-state index in [4.69, 9.17) is 0 Å². The number of nitrogens with zero attached hydrogens (tertiary/aromatic N) is 2. The number of likely N-dealkylation sites (N-methyl/N-ethyl adjacent to an activating group) is 1. The summed E-state index contributed by atoms with van der Waals surface area (Å²) in [6.07, 6.45) is 8.17. The summed E-state index contributed by atoms with van der Waals surface area (Å²) in [6, 6.07) is 2.86. The summed E-state index contributed by atoms with van der Waals surface area (Å²) in [5, 5.41) is 8.15. The van der Waals surface area contributed by atoms with E-state index < -0.39 is 0 Å². The Kier molecular flexibility index (Phi) is 4.81. The Bertz CT molecular complexity index is 364. The molecule has 0 aliphatic heterocycles. The van der Waals surface area contributed by atoms with Crippen LogP contribution in [0.25, 0.3) is 0 Å². The Morgan fingerprint density at radius 2 is 2.11 bits per heavy atom. The first-order valence-corrected chi connectivity index (χ1v) is 7.43. The van der Waals surface area contributed by atoms with Crippen LogP contribution in [-0.2, 0) is 13.5 Å². The van der Waals surface area contributed by atoms with E-state index in [-0.39, 0.29) is 0 Å². The first-order chi connectivity index (χ1) is 8.70. The quantitative estimate of drug-likeness (QED) is 0.869. The highest BCUT2D eigenvalue weighted by atomic mass is 15.3. The normalized spacial score (nSPS) is 19.1. The number of nitrogens with one attached hydrogen (secondary N) is 1. The van der Waals surface area contributed by atoms with Crippen molar-refractivity contribution in [2.75, 3.05) is 6.54 Å². The summed E-state index contributed by atoms with van der Waals surface area (Å²) in [4.78, 5) is 0. The Morgan fingerprint density at radius 3 is 2.67 bits per heavy atom. The van der Waals surface area contributed by atoms with Crippen molar-refractivity contribution in [3.8, 4) is 0 Å². The topological polar surface area (TPSA) is 29.9 Å². The average molecular weight is 249 g/mol. The van der Waals surface area contributed by atoms with Crippen molar-refractivity contribution in [1.82, 2.24) is 15.1 Å². The fourth-order valence-corrected chi connectivity index (χ4v) is 3.28. The van der Waals surface area contributed by atoms with Crippen molar-refractivity contribution < 1.29 is 0 Å². The van der Waals surface area contributed by atoms with Gasteiger partial charge in [-0.3, -0.25) is 4.68 Å². The van der Waals surface area contributed by atoms with Gasteiger partial charge in [0.1, 0.15) is 0 Å². The molecule has 1 fully saturated rings. The Morgan fingerprint density at radius 1 is 1.39 bits per heavy atom. The molecule has 3 nitrogen and oxygen atoms in total. The molecule has 0 aromatic carbocycles. The summed E-state index contributed by atoms with van der Waals surface area (Å²) in [6.45, 7) is 5.36. The van der Waals surface area contributed by atoms with E-state index in [1.807, 2.05) is 4.68 Å². The molecule has 1 unspecified atom stereocenters. The van der Waals surface area contributed by atoms with E-state index in [2.05, 4.69) is 37.4 Å². The lowest BCUT2D eigenvalue weighted by molar-refractivity contribution is 0.267. The number of rotatable bonds is 5. The molecule has 1 atom stereocenters. The maximum Gasteiger partial charge on any atom is 0.0596 e. The third kappa shape index (κ3) is 3.35. The predicted octanol–water partition coefficient (Wildman–Crippen LogP) is 2.83. The van der Waals surface area contributed by atoms with Gasteiger partial charge >= 0.3 is 0 Å². The zero-order valence-corrected chi connectivity index (χ0v) is 12.1. The molecule has 0 saturated heterocycles. The molecule has 1 aromatic heterocycles. The molecular formula is C15H27N3. The summed E-state index contributed by atoms with van der Waals surface area (Å²) in [7, 11) is 2.06. The molecule has 0 amide bonds. The molecule has 0 bridgehead atoms. The Labute approximate surface area is 111 Å². The number of hydrogen-bond donors (Lipinski definition) is 1. The van der Waals surface area contributed by atoms with Crippen LogP contribution in [0, 0.1) is 12.8 Å². The van der Waals surface area contributed by atoms with Gasteiger partial charge in [-0.2, -0.15) is 5.10 Å². The van der Waals surface area contributed by atoms with Crippen molar-refractivity contribution in [1.29, 1.82) is 0 Å². The number of hydrogen-bond acceptors (Lipinski definition) is 2. The van der Waals surface area contributed by atoms with Crippen molar-refractivity contribution in [2.24, 2.45) is 13.0 Å². The van der Waals surface area contributed by atoms with Crippen LogP contribution in [0.15, 0.2) is 6.07 Å². The van der Waals surface area contributed by atoms with E-state index in [1.54, 1.807) is 0 Å². The molecule has 18 heavy (non-hydrogen) atoms. The van der Waals surface area contributed by atoms with Gasteiger partial charge in [0.25, 0.3) is 0 Å². The van der Waals surface area contributed by atoms with E-state index in [1.165, 1.54) is 37.8 Å². The van der Waals surface area contributed by atoms with Crippen LogP contribution in [0.1, 0.15) is 50.4 Å². The molecule has 0 spiro atoms. The lowest BCUT2D eigenvalue weighted by Gasteiger charge is -2.31. The first-order valence-electron chi connectivity index (χ1n) is 7.43. The summed E-state index contributed by atoms with van der Waals surface area (Å²) in [5.41, 5.74) is 2.50. The minimum absolute atomic E-state index is 0.630. The van der Waals surface area contributed by atoms with Gasteiger partial charge in [0.05, 0.1) is 5.69 Å². The highest BCUT2D eigenvalue weighted by molar-refractivity contribution is 5.10. The zero-order chi connectivity index (χ0) is 13.0. The average Bonchev–Trinajstić information content (AvgIpc) is 2.68. The lowest BCUT2D eigenvalue weighted by Crippen LogP contribution is -2.39. The Hall–Kier alpha value is -0.830. The first kappa shape index (κ1) is 13.6. The second kappa shape index (κ2) is 6.37. The van der Waals surface area contributed by atoms with Crippen LogP contribution in [-0.4, -0.2) is 22.4 Å². The van der Waals surface area contributed by atoms with Crippen molar-refractivity contribution >= 4 is 0 Å². The van der Waals surface area contributed by atoms with Gasteiger partial charge in [-0.15, -0.1) is 0 Å². The van der Waals surface area contributed by atoms with E-state index in [0.29, 0.717) is 6.04 Å². The summed E-state index contributed by atoms with van der Waals surface area (Å²) in [5.74, 6) is 0.855. The smallest absolute Gasteiger partial charge is 0.0596 e. The van der Waals surface area contributed by atoms with E-state index >= 15 is 0 Å². The zero-order valence-electron chi connectivity index (χ0n) is 12.1. The minimum atomic E-state index is 0.630. The second-order valence-electron chi connectivity index (χ2n) is 5.67. The van der Waals surface area contributed by atoms with Gasteiger partial charge in [0, 0.05) is 25.2 Å². The third-order valence-electron chi connectivity index (χ3n) is 4.21. The van der Waals surface area contributed by atoms with Crippen LogP contribution in [0.3, 0.4) is 0 Å². The molecule has 1 aliphatic rings. The summed E-state index contributed by atoms with van der Waals surface area (Å²) < 4.78 is 2.04. The van der Waals surface area contributed by atoms with E-state index in [9.17, 15) is 0 Å². The standard InChI is InChI=1S/C15H27N3/c1-4-16-15(13-8-6-5-7-9-13)11-14-10-12(2)17-18(14)3/h10,13,15-16H,4-9,11H2,1-3H3.